The van der Waals surface area contributed by atoms with Crippen molar-refractivity contribution in [1.29, 1.82) is 0 Å². The topological polar surface area (TPSA) is 17.1 Å². The molecule has 1 nitrogen and oxygen atoms in total. The minimum atomic E-state index is -0.307. The molecule has 0 heterocycles. The average Bonchev–Trinajstić information content (AvgIpc) is 2.28. The molecule has 88 valence electrons. The summed E-state index contributed by atoms with van der Waals surface area (Å²) in [4.78, 5) is 12.0. The second kappa shape index (κ2) is 6.04. The van der Waals surface area contributed by atoms with Crippen molar-refractivity contribution >= 4 is 17.5 Å². The van der Waals surface area contributed by atoms with Gasteiger partial charge in [0.25, 0.3) is 0 Å². The second-order valence-corrected chi connectivity index (χ2v) is 5.65. The van der Waals surface area contributed by atoms with E-state index in [1.807, 2.05) is 6.92 Å². The summed E-state index contributed by atoms with van der Waals surface area (Å²) in [6.45, 7) is 6.12. The number of Topliss-reactive ketones (excluding diaryl/α,β-unsaturated/α-hetero) is 1. The van der Waals surface area contributed by atoms with E-state index < -0.39 is 0 Å². The summed E-state index contributed by atoms with van der Waals surface area (Å²) >= 11 is 1.66. The van der Waals surface area contributed by atoms with E-state index in [2.05, 4.69) is 13.8 Å². The van der Waals surface area contributed by atoms with E-state index in [0.717, 1.165) is 6.42 Å². The smallest absolute Gasteiger partial charge is 0.175 e. The number of carbonyl (C=O) groups excluding carboxylic acids is 1. The van der Waals surface area contributed by atoms with Gasteiger partial charge in [-0.2, -0.15) is 0 Å². The van der Waals surface area contributed by atoms with Crippen LogP contribution in [0.5, 0.6) is 0 Å². The third-order valence-electron chi connectivity index (χ3n) is 2.51. The molecule has 0 radical (unpaired) electrons. The third-order valence-corrected chi connectivity index (χ3v) is 3.93. The minimum absolute atomic E-state index is 0.0691. The van der Waals surface area contributed by atoms with E-state index in [4.69, 9.17) is 0 Å². The normalized spacial score (nSPS) is 14.5. The highest BCUT2D eigenvalue weighted by Crippen LogP contribution is 2.23. The maximum Gasteiger partial charge on any atom is 0.175 e. The van der Waals surface area contributed by atoms with Gasteiger partial charge in [-0.1, -0.05) is 13.8 Å². The lowest BCUT2D eigenvalue weighted by molar-refractivity contribution is 0.0994. The van der Waals surface area contributed by atoms with Gasteiger partial charge in [0, 0.05) is 10.8 Å². The molecule has 0 aliphatic carbocycles. The standard InChI is InChI=1S/C13H17FOS/c1-4-9(2)16-10(3)13(15)11-5-7-12(14)8-6-11/h5-10H,4H2,1-3H3. The van der Waals surface area contributed by atoms with Gasteiger partial charge in [0.15, 0.2) is 5.78 Å². The van der Waals surface area contributed by atoms with Crippen LogP contribution < -0.4 is 0 Å². The molecule has 0 bridgehead atoms. The number of carbonyl (C=O) groups is 1. The monoisotopic (exact) mass is 240 g/mol. The molecular weight excluding hydrogens is 223 g/mol. The van der Waals surface area contributed by atoms with Crippen LogP contribution in [0.25, 0.3) is 0 Å². The lowest BCUT2D eigenvalue weighted by Crippen LogP contribution is -2.16. The van der Waals surface area contributed by atoms with Crippen LogP contribution in [0.1, 0.15) is 37.6 Å². The Morgan fingerprint density at radius 1 is 1.31 bits per heavy atom. The molecule has 0 spiro atoms. The van der Waals surface area contributed by atoms with Crippen LogP contribution in [0.3, 0.4) is 0 Å². The Morgan fingerprint density at radius 2 is 1.88 bits per heavy atom. The zero-order valence-electron chi connectivity index (χ0n) is 9.87. The highest BCUT2D eigenvalue weighted by atomic mass is 32.2. The van der Waals surface area contributed by atoms with E-state index in [9.17, 15) is 9.18 Å². The Morgan fingerprint density at radius 3 is 2.38 bits per heavy atom. The van der Waals surface area contributed by atoms with Gasteiger partial charge < -0.3 is 0 Å². The summed E-state index contributed by atoms with van der Waals surface area (Å²) in [5, 5.41) is 0.403. The summed E-state index contributed by atoms with van der Waals surface area (Å²) in [7, 11) is 0. The Balaban J connectivity index is 2.67. The summed E-state index contributed by atoms with van der Waals surface area (Å²) in [6.07, 6.45) is 1.05. The van der Waals surface area contributed by atoms with Crippen molar-refractivity contribution < 1.29 is 9.18 Å². The maximum atomic E-state index is 12.7. The Bertz CT molecular complexity index is 347. The number of thioether (sulfide) groups is 1. The quantitative estimate of drug-likeness (QED) is 0.725. The van der Waals surface area contributed by atoms with Gasteiger partial charge in [0.1, 0.15) is 5.82 Å². The van der Waals surface area contributed by atoms with Gasteiger partial charge in [0.05, 0.1) is 5.25 Å². The molecule has 0 N–H and O–H groups in total. The van der Waals surface area contributed by atoms with Crippen LogP contribution >= 0.6 is 11.8 Å². The van der Waals surface area contributed by atoms with Crippen molar-refractivity contribution in [2.24, 2.45) is 0 Å². The van der Waals surface area contributed by atoms with Gasteiger partial charge in [-0.3, -0.25) is 4.79 Å². The lowest BCUT2D eigenvalue weighted by atomic mass is 10.1. The van der Waals surface area contributed by atoms with Crippen LogP contribution in [0, 0.1) is 5.82 Å². The summed E-state index contributed by atoms with van der Waals surface area (Å²) in [5.41, 5.74) is 0.588. The molecule has 1 aromatic rings. The number of benzene rings is 1. The lowest BCUT2D eigenvalue weighted by Gasteiger charge is -2.14. The first-order chi connectivity index (χ1) is 7.54. The molecule has 0 aliphatic heterocycles. The van der Waals surface area contributed by atoms with Crippen LogP contribution in [0.2, 0.25) is 0 Å². The number of halogens is 1. The molecule has 16 heavy (non-hydrogen) atoms. The summed E-state index contributed by atoms with van der Waals surface area (Å²) in [5.74, 6) is -0.232. The first-order valence-electron chi connectivity index (χ1n) is 5.49. The molecule has 2 atom stereocenters. The largest absolute Gasteiger partial charge is 0.293 e. The van der Waals surface area contributed by atoms with E-state index in [-0.39, 0.29) is 16.9 Å². The average molecular weight is 240 g/mol. The molecule has 1 rings (SSSR count). The highest BCUT2D eigenvalue weighted by Gasteiger charge is 2.17. The van der Waals surface area contributed by atoms with Crippen molar-refractivity contribution in [2.45, 2.75) is 37.7 Å². The number of hydrogen-bond acceptors (Lipinski definition) is 2. The zero-order valence-corrected chi connectivity index (χ0v) is 10.7. The Kier molecular flexibility index (Phi) is 5.00. The molecule has 0 aliphatic rings. The Hall–Kier alpha value is -0.830. The summed E-state index contributed by atoms with van der Waals surface area (Å²) < 4.78 is 12.7. The van der Waals surface area contributed by atoms with E-state index in [1.54, 1.807) is 23.9 Å². The van der Waals surface area contributed by atoms with Crippen molar-refractivity contribution in [3.63, 3.8) is 0 Å². The predicted octanol–water partition coefficient (Wildman–Crippen LogP) is 3.93. The zero-order chi connectivity index (χ0) is 12.1. The molecule has 0 saturated heterocycles. The van der Waals surface area contributed by atoms with Crippen LogP contribution in [-0.4, -0.2) is 16.3 Å². The van der Waals surface area contributed by atoms with Crippen molar-refractivity contribution in [2.75, 3.05) is 0 Å². The predicted molar refractivity (Wildman–Crippen MR) is 67.5 cm³/mol. The molecule has 0 fully saturated rings. The maximum absolute atomic E-state index is 12.7. The van der Waals surface area contributed by atoms with Crippen LogP contribution in [0.4, 0.5) is 4.39 Å². The number of hydrogen-bond donors (Lipinski definition) is 0. The SMILES string of the molecule is CCC(C)SC(C)C(=O)c1ccc(F)cc1. The highest BCUT2D eigenvalue weighted by molar-refractivity contribution is 8.01. The van der Waals surface area contributed by atoms with E-state index in [1.165, 1.54) is 12.1 Å². The molecule has 2 unspecified atom stereocenters. The molecule has 1 aromatic carbocycles. The first kappa shape index (κ1) is 13.2. The minimum Gasteiger partial charge on any atom is -0.293 e. The van der Waals surface area contributed by atoms with Gasteiger partial charge in [-0.25, -0.2) is 4.39 Å². The molecule has 0 amide bonds. The second-order valence-electron chi connectivity index (χ2n) is 3.87. The van der Waals surface area contributed by atoms with Crippen molar-refractivity contribution in [3.05, 3.63) is 35.6 Å². The first-order valence-corrected chi connectivity index (χ1v) is 6.44. The molecule has 3 heteroatoms. The number of ketones is 1. The van der Waals surface area contributed by atoms with Gasteiger partial charge >= 0.3 is 0 Å². The Labute approximate surface area is 100 Å². The van der Waals surface area contributed by atoms with Crippen molar-refractivity contribution in [1.82, 2.24) is 0 Å². The van der Waals surface area contributed by atoms with Gasteiger partial charge in [0.2, 0.25) is 0 Å². The molecular formula is C13H17FOS. The van der Waals surface area contributed by atoms with Crippen LogP contribution in [0.15, 0.2) is 24.3 Å². The van der Waals surface area contributed by atoms with Gasteiger partial charge in [-0.15, -0.1) is 11.8 Å². The van der Waals surface area contributed by atoms with E-state index in [0.29, 0.717) is 10.8 Å². The molecule has 0 saturated carbocycles. The fraction of sp³-hybridized carbons (Fsp3) is 0.462. The number of rotatable bonds is 5. The van der Waals surface area contributed by atoms with Crippen molar-refractivity contribution in [3.8, 4) is 0 Å². The van der Waals surface area contributed by atoms with E-state index >= 15 is 0 Å². The fourth-order valence-electron chi connectivity index (χ4n) is 1.36. The third kappa shape index (κ3) is 3.63. The van der Waals surface area contributed by atoms with Crippen LogP contribution in [-0.2, 0) is 0 Å². The molecule has 0 aromatic heterocycles. The van der Waals surface area contributed by atoms with Gasteiger partial charge in [-0.05, 0) is 37.6 Å². The fourth-order valence-corrected chi connectivity index (χ4v) is 2.50. The summed E-state index contributed by atoms with van der Waals surface area (Å²) in [6, 6.07) is 5.75.